The third kappa shape index (κ3) is 15.6. The van der Waals surface area contributed by atoms with Crippen LogP contribution < -0.4 is 16.4 Å². The van der Waals surface area contributed by atoms with E-state index in [-0.39, 0.29) is 39.3 Å². The van der Waals surface area contributed by atoms with Gasteiger partial charge in [-0.2, -0.15) is 0 Å². The van der Waals surface area contributed by atoms with Crippen molar-refractivity contribution in [1.82, 2.24) is 20.5 Å². The lowest BCUT2D eigenvalue weighted by Gasteiger charge is -2.35. The second-order valence-corrected chi connectivity index (χ2v) is 19.8. The Morgan fingerprint density at radius 3 is 2.25 bits per heavy atom. The zero-order valence-corrected chi connectivity index (χ0v) is 35.0. The Labute approximate surface area is 331 Å². The van der Waals surface area contributed by atoms with Crippen molar-refractivity contribution in [2.24, 2.45) is 11.1 Å². The molecule has 1 saturated heterocycles. The van der Waals surface area contributed by atoms with E-state index in [0.29, 0.717) is 37.2 Å². The van der Waals surface area contributed by atoms with E-state index in [1.807, 2.05) is 31.2 Å². The monoisotopic (exact) mass is 829 g/mol. The summed E-state index contributed by atoms with van der Waals surface area (Å²) in [6.07, 6.45) is -1.79. The zero-order valence-electron chi connectivity index (χ0n) is 32.5. The summed E-state index contributed by atoms with van der Waals surface area (Å²) in [6.45, 7) is 12.1. The van der Waals surface area contributed by atoms with E-state index >= 15 is 0 Å². The maximum absolute atomic E-state index is 14.3. The van der Waals surface area contributed by atoms with E-state index in [0.717, 1.165) is 28.0 Å². The number of amides is 3. The van der Waals surface area contributed by atoms with Gasteiger partial charge in [-0.1, -0.05) is 45.0 Å². The fourth-order valence-electron chi connectivity index (χ4n) is 5.51. The number of likely N-dealkylation sites (tertiary alicyclic amines) is 1. The van der Waals surface area contributed by atoms with E-state index in [1.165, 1.54) is 4.90 Å². The van der Waals surface area contributed by atoms with Crippen LogP contribution in [0.5, 0.6) is 0 Å². The average Bonchev–Trinajstić information content (AvgIpc) is 3.73. The van der Waals surface area contributed by atoms with Crippen molar-refractivity contribution in [2.45, 2.75) is 84.0 Å². The zero-order chi connectivity index (χ0) is 40.8. The summed E-state index contributed by atoms with van der Waals surface area (Å²) in [5, 5.41) is 5.08. The van der Waals surface area contributed by atoms with Gasteiger partial charge in [0.25, 0.3) is 0 Å². The van der Waals surface area contributed by atoms with Gasteiger partial charge in [0.2, 0.25) is 17.7 Å². The van der Waals surface area contributed by atoms with Gasteiger partial charge in [-0.15, -0.1) is 11.3 Å². The molecule has 0 bridgehead atoms. The standard InChI is InChI=1S/C36H55N5O11S3/c1-23-31(53-22-39-23)27-10-8-26(9-11-27)19-38-33(43)29-18-28(52-35(45)51-24(2)25(3)54-55(7,46)47)20-41(29)34(44)32(36(4,5)6)40-30(42)21-50-17-16-49-15-14-48-13-12-37/h8-11,22,24-25,28-29,32H,12-21,37H2,1-7H3,(H,38,43)(H,40,42)/t24?,25?,28-,29+,32-/m1/s1. The predicted octanol–water partition coefficient (Wildman–Crippen LogP) is 2.87. The summed E-state index contributed by atoms with van der Waals surface area (Å²) in [6, 6.07) is 5.58. The number of hydrogen-bond donors (Lipinski definition) is 3. The molecule has 0 spiro atoms. The Bertz CT molecular complexity index is 1670. The number of ether oxygens (including phenoxy) is 5. The molecule has 1 aliphatic heterocycles. The molecular formula is C36H55N5O11S3. The first-order chi connectivity index (χ1) is 25.9. The molecular weight excluding hydrogens is 775 g/mol. The summed E-state index contributed by atoms with van der Waals surface area (Å²) in [7, 11) is -2.74. The van der Waals surface area contributed by atoms with Crippen molar-refractivity contribution < 1.29 is 51.3 Å². The molecule has 1 fully saturated rings. The van der Waals surface area contributed by atoms with E-state index < -0.39 is 67.7 Å². The highest BCUT2D eigenvalue weighted by atomic mass is 33.1. The normalized spacial score (nSPS) is 17.6. The second-order valence-electron chi connectivity index (χ2n) is 14.2. The molecule has 308 valence electrons. The number of benzene rings is 1. The highest BCUT2D eigenvalue weighted by molar-refractivity contribution is 8.72. The smallest absolute Gasteiger partial charge is 0.430 e. The second kappa shape index (κ2) is 21.8. The summed E-state index contributed by atoms with van der Waals surface area (Å²) < 4.78 is 50.5. The Hall–Kier alpha value is -3.33. The lowest BCUT2D eigenvalue weighted by molar-refractivity contribution is -0.144. The van der Waals surface area contributed by atoms with Crippen molar-refractivity contribution in [1.29, 1.82) is 0 Å². The minimum absolute atomic E-state index is 0.0382. The van der Waals surface area contributed by atoms with Crippen molar-refractivity contribution in [3.8, 4) is 10.4 Å². The van der Waals surface area contributed by atoms with Crippen molar-refractivity contribution in [3.05, 3.63) is 41.0 Å². The number of thiazole rings is 1. The number of aryl methyl sites for hydroxylation is 1. The number of nitrogens with zero attached hydrogens (tertiary/aromatic N) is 2. The lowest BCUT2D eigenvalue weighted by atomic mass is 9.85. The molecule has 16 nitrogen and oxygen atoms in total. The number of aromatic nitrogens is 1. The van der Waals surface area contributed by atoms with Crippen LogP contribution in [0.2, 0.25) is 0 Å². The molecule has 2 unspecified atom stereocenters. The molecule has 0 radical (unpaired) electrons. The maximum atomic E-state index is 14.3. The first-order valence-corrected chi connectivity index (χ1v) is 22.1. The molecule has 5 atom stereocenters. The SMILES string of the molecule is Cc1ncsc1-c1ccc(CNC(=O)[C@@H]2C[C@@H](OC(=O)OC(C)C(C)SS(C)(=O)=O)CN2C(=O)[C@@H](NC(=O)COCCOCCOCCN)C(C)(C)C)cc1. The van der Waals surface area contributed by atoms with Gasteiger partial charge >= 0.3 is 6.16 Å². The Morgan fingerprint density at radius 2 is 1.67 bits per heavy atom. The van der Waals surface area contributed by atoms with Crippen LogP contribution in [0.4, 0.5) is 4.79 Å². The van der Waals surface area contributed by atoms with Crippen LogP contribution >= 0.6 is 22.1 Å². The molecule has 55 heavy (non-hydrogen) atoms. The van der Waals surface area contributed by atoms with Gasteiger partial charge < -0.3 is 45.0 Å². The number of hydrogen-bond acceptors (Lipinski definition) is 15. The van der Waals surface area contributed by atoms with Crippen LogP contribution in [0.15, 0.2) is 29.8 Å². The molecule has 2 aromatic rings. The van der Waals surface area contributed by atoms with Crippen molar-refractivity contribution in [3.63, 3.8) is 0 Å². The Morgan fingerprint density at radius 1 is 1.04 bits per heavy atom. The number of carbonyl (C=O) groups is 4. The minimum atomic E-state index is -3.40. The van der Waals surface area contributed by atoms with E-state index in [4.69, 9.17) is 29.4 Å². The van der Waals surface area contributed by atoms with Gasteiger partial charge in [0.05, 0.1) is 60.9 Å². The molecule has 1 aliphatic rings. The van der Waals surface area contributed by atoms with Gasteiger partial charge in [-0.05, 0) is 48.1 Å². The Balaban J connectivity index is 1.69. The maximum Gasteiger partial charge on any atom is 0.508 e. The predicted molar refractivity (Wildman–Crippen MR) is 210 cm³/mol. The molecule has 0 saturated carbocycles. The molecule has 0 aliphatic carbocycles. The van der Waals surface area contributed by atoms with Crippen LogP contribution in [0.25, 0.3) is 10.4 Å². The van der Waals surface area contributed by atoms with Crippen LogP contribution in [0, 0.1) is 12.3 Å². The van der Waals surface area contributed by atoms with Crippen LogP contribution in [-0.4, -0.2) is 131 Å². The third-order valence-electron chi connectivity index (χ3n) is 8.47. The number of nitrogens with one attached hydrogen (secondary N) is 2. The molecule has 19 heteroatoms. The average molecular weight is 830 g/mol. The number of rotatable bonds is 21. The van der Waals surface area contributed by atoms with E-state index in [2.05, 4.69) is 15.6 Å². The number of carbonyl (C=O) groups excluding carboxylic acids is 4. The van der Waals surface area contributed by atoms with Gasteiger partial charge in [-0.3, -0.25) is 14.4 Å². The largest absolute Gasteiger partial charge is 0.508 e. The topological polar surface area (TPSA) is 215 Å². The van der Waals surface area contributed by atoms with Crippen molar-refractivity contribution in [2.75, 3.05) is 59.0 Å². The summed E-state index contributed by atoms with van der Waals surface area (Å²) in [5.41, 5.74) is 9.13. The third-order valence-corrected chi connectivity index (χ3v) is 12.4. The van der Waals surface area contributed by atoms with Crippen LogP contribution in [0.1, 0.15) is 52.3 Å². The summed E-state index contributed by atoms with van der Waals surface area (Å²) in [4.78, 5) is 60.5. The lowest BCUT2D eigenvalue weighted by Crippen LogP contribution is -2.58. The molecule has 3 rings (SSSR count). The summed E-state index contributed by atoms with van der Waals surface area (Å²) in [5.74, 6) is -1.56. The highest BCUT2D eigenvalue weighted by Gasteiger charge is 2.46. The first kappa shape index (κ1) is 46.1. The van der Waals surface area contributed by atoms with Crippen molar-refractivity contribution >= 4 is 54.9 Å². The van der Waals surface area contributed by atoms with Gasteiger partial charge in [0.15, 0.2) is 8.87 Å². The van der Waals surface area contributed by atoms with E-state index in [1.54, 1.807) is 51.5 Å². The van der Waals surface area contributed by atoms with Gasteiger partial charge in [0.1, 0.15) is 30.9 Å². The summed E-state index contributed by atoms with van der Waals surface area (Å²) >= 11 is 1.54. The molecule has 1 aromatic heterocycles. The van der Waals surface area contributed by atoms with Gasteiger partial charge in [0, 0.05) is 25.8 Å². The molecule has 4 N–H and O–H groups in total. The van der Waals surface area contributed by atoms with Crippen LogP contribution in [0.3, 0.4) is 0 Å². The molecule has 1 aromatic carbocycles. The highest BCUT2D eigenvalue weighted by Crippen LogP contribution is 2.29. The minimum Gasteiger partial charge on any atom is -0.430 e. The van der Waals surface area contributed by atoms with E-state index in [9.17, 15) is 27.6 Å². The fraction of sp³-hybridized carbons (Fsp3) is 0.639. The molecule has 2 heterocycles. The molecule has 3 amide bonds. The quantitative estimate of drug-likeness (QED) is 0.0938. The fourth-order valence-corrected chi connectivity index (χ4v) is 9.20. The van der Waals surface area contributed by atoms with Crippen LogP contribution in [-0.2, 0) is 53.5 Å². The number of nitrogens with two attached hydrogens (primary N) is 1. The first-order valence-electron chi connectivity index (χ1n) is 17.9. The van der Waals surface area contributed by atoms with Gasteiger partial charge in [-0.25, -0.2) is 18.2 Å². The Kier molecular flexibility index (Phi) is 18.3.